The Morgan fingerprint density at radius 2 is 2.25 bits per heavy atom. The molecule has 1 heterocycles. The lowest BCUT2D eigenvalue weighted by Crippen LogP contribution is -2.07. The maximum Gasteiger partial charge on any atom is 0.152 e. The molecule has 0 fully saturated rings. The third kappa shape index (κ3) is 2.90. The summed E-state index contributed by atoms with van der Waals surface area (Å²) < 4.78 is 7.36. The molecule has 0 bridgehead atoms. The molecule has 66 valence electrons. The zero-order valence-electron chi connectivity index (χ0n) is 6.84. The van der Waals surface area contributed by atoms with E-state index in [-0.39, 0.29) is 6.10 Å². The molecule has 1 rings (SSSR count). The molecule has 0 radical (unpaired) electrons. The van der Waals surface area contributed by atoms with Gasteiger partial charge in [-0.2, -0.15) is 0 Å². The summed E-state index contributed by atoms with van der Waals surface area (Å²) in [6.07, 6.45) is 1.95. The standard InChI is InChI=1S/C8H9BrINO/c1-5(2)12-7-3-6(9)4-11-8(7)10/h3-5H,1-2H3. The Morgan fingerprint density at radius 1 is 1.58 bits per heavy atom. The maximum atomic E-state index is 5.53. The van der Waals surface area contributed by atoms with E-state index < -0.39 is 0 Å². The van der Waals surface area contributed by atoms with Crippen molar-refractivity contribution < 1.29 is 4.74 Å². The van der Waals surface area contributed by atoms with Crippen LogP contribution in [0.25, 0.3) is 0 Å². The molecule has 2 nitrogen and oxygen atoms in total. The van der Waals surface area contributed by atoms with E-state index in [1.165, 1.54) is 0 Å². The van der Waals surface area contributed by atoms with Crippen molar-refractivity contribution >= 4 is 38.5 Å². The molecule has 0 aliphatic heterocycles. The van der Waals surface area contributed by atoms with E-state index in [1.807, 2.05) is 19.9 Å². The number of ether oxygens (including phenoxy) is 1. The highest BCUT2D eigenvalue weighted by molar-refractivity contribution is 14.1. The molecule has 12 heavy (non-hydrogen) atoms. The second-order valence-corrected chi connectivity index (χ2v) is 4.55. The van der Waals surface area contributed by atoms with Crippen LogP contribution in [0.4, 0.5) is 0 Å². The van der Waals surface area contributed by atoms with E-state index in [0.717, 1.165) is 13.9 Å². The summed E-state index contributed by atoms with van der Waals surface area (Å²) in [5.41, 5.74) is 0. The molecule has 0 spiro atoms. The molecule has 0 amide bonds. The average Bonchev–Trinajstić information content (AvgIpc) is 1.96. The van der Waals surface area contributed by atoms with Gasteiger partial charge in [0.05, 0.1) is 6.10 Å². The van der Waals surface area contributed by atoms with Crippen molar-refractivity contribution in [3.05, 3.63) is 20.4 Å². The number of pyridine rings is 1. The van der Waals surface area contributed by atoms with Crippen LogP contribution in [0, 0.1) is 3.70 Å². The first-order valence-electron chi connectivity index (χ1n) is 3.57. The molecular weight excluding hydrogens is 333 g/mol. The fourth-order valence-electron chi connectivity index (χ4n) is 0.741. The Balaban J connectivity index is 2.90. The highest BCUT2D eigenvalue weighted by atomic mass is 127. The fourth-order valence-corrected chi connectivity index (χ4v) is 1.47. The van der Waals surface area contributed by atoms with Gasteiger partial charge in [0.1, 0.15) is 3.70 Å². The zero-order chi connectivity index (χ0) is 9.14. The molecule has 0 atom stereocenters. The molecule has 0 N–H and O–H groups in total. The summed E-state index contributed by atoms with van der Waals surface area (Å²) in [7, 11) is 0. The zero-order valence-corrected chi connectivity index (χ0v) is 10.6. The first-order valence-corrected chi connectivity index (χ1v) is 5.44. The van der Waals surface area contributed by atoms with Gasteiger partial charge in [0, 0.05) is 10.7 Å². The van der Waals surface area contributed by atoms with Crippen LogP contribution in [0.1, 0.15) is 13.8 Å². The second kappa shape index (κ2) is 4.41. The molecule has 1 aromatic rings. The molecule has 1 aromatic heterocycles. The normalized spacial score (nSPS) is 10.4. The predicted molar refractivity (Wildman–Crippen MR) is 60.4 cm³/mol. The minimum absolute atomic E-state index is 0.189. The highest BCUT2D eigenvalue weighted by Crippen LogP contribution is 2.23. The van der Waals surface area contributed by atoms with Gasteiger partial charge in [-0.1, -0.05) is 0 Å². The minimum atomic E-state index is 0.189. The van der Waals surface area contributed by atoms with Crippen molar-refractivity contribution in [1.82, 2.24) is 4.98 Å². The van der Waals surface area contributed by atoms with Crippen molar-refractivity contribution in [3.63, 3.8) is 0 Å². The summed E-state index contributed by atoms with van der Waals surface area (Å²) in [4.78, 5) is 4.15. The molecule has 0 aromatic carbocycles. The lowest BCUT2D eigenvalue weighted by Gasteiger charge is -2.10. The Morgan fingerprint density at radius 3 is 2.83 bits per heavy atom. The van der Waals surface area contributed by atoms with Crippen molar-refractivity contribution in [1.29, 1.82) is 0 Å². The van der Waals surface area contributed by atoms with E-state index in [4.69, 9.17) is 4.74 Å². The summed E-state index contributed by atoms with van der Waals surface area (Å²) in [5, 5.41) is 0. The SMILES string of the molecule is CC(C)Oc1cc(Br)cnc1I. The summed E-state index contributed by atoms with van der Waals surface area (Å²) in [6.45, 7) is 3.99. The van der Waals surface area contributed by atoms with Crippen LogP contribution in [-0.4, -0.2) is 11.1 Å². The fraction of sp³-hybridized carbons (Fsp3) is 0.375. The van der Waals surface area contributed by atoms with E-state index in [1.54, 1.807) is 6.20 Å². The van der Waals surface area contributed by atoms with E-state index in [9.17, 15) is 0 Å². The highest BCUT2D eigenvalue weighted by Gasteiger charge is 2.04. The summed E-state index contributed by atoms with van der Waals surface area (Å²) in [5.74, 6) is 0.833. The topological polar surface area (TPSA) is 22.1 Å². The van der Waals surface area contributed by atoms with E-state index in [0.29, 0.717) is 0 Å². The van der Waals surface area contributed by atoms with Crippen LogP contribution in [0.3, 0.4) is 0 Å². The van der Waals surface area contributed by atoms with Crippen LogP contribution in [0.15, 0.2) is 16.7 Å². The van der Waals surface area contributed by atoms with E-state index in [2.05, 4.69) is 43.5 Å². The summed E-state index contributed by atoms with van der Waals surface area (Å²) in [6, 6.07) is 1.93. The minimum Gasteiger partial charge on any atom is -0.488 e. The van der Waals surface area contributed by atoms with Gasteiger partial charge in [-0.3, -0.25) is 0 Å². The Hall–Kier alpha value is 0.160. The number of hydrogen-bond acceptors (Lipinski definition) is 2. The monoisotopic (exact) mass is 341 g/mol. The van der Waals surface area contributed by atoms with Gasteiger partial charge in [-0.25, -0.2) is 4.98 Å². The maximum absolute atomic E-state index is 5.53. The Labute approximate surface area is 94.0 Å². The van der Waals surface area contributed by atoms with Gasteiger partial charge in [0.2, 0.25) is 0 Å². The molecule has 0 aliphatic rings. The number of nitrogens with zero attached hydrogens (tertiary/aromatic N) is 1. The first kappa shape index (κ1) is 10.2. The summed E-state index contributed by atoms with van der Waals surface area (Å²) >= 11 is 5.49. The van der Waals surface area contributed by atoms with Crippen LogP contribution < -0.4 is 4.74 Å². The third-order valence-corrected chi connectivity index (χ3v) is 2.38. The number of halogens is 2. The smallest absolute Gasteiger partial charge is 0.152 e. The second-order valence-electron chi connectivity index (χ2n) is 2.61. The molecule has 0 saturated carbocycles. The van der Waals surface area contributed by atoms with Gasteiger partial charge in [-0.15, -0.1) is 0 Å². The van der Waals surface area contributed by atoms with Gasteiger partial charge < -0.3 is 4.74 Å². The third-order valence-electron chi connectivity index (χ3n) is 1.14. The average molecular weight is 342 g/mol. The van der Waals surface area contributed by atoms with Gasteiger partial charge in [0.25, 0.3) is 0 Å². The van der Waals surface area contributed by atoms with Gasteiger partial charge >= 0.3 is 0 Å². The van der Waals surface area contributed by atoms with Crippen molar-refractivity contribution in [3.8, 4) is 5.75 Å². The van der Waals surface area contributed by atoms with Crippen LogP contribution in [0.5, 0.6) is 5.75 Å². The number of hydrogen-bond donors (Lipinski definition) is 0. The van der Waals surface area contributed by atoms with Crippen molar-refractivity contribution in [2.45, 2.75) is 20.0 Å². The Kier molecular flexibility index (Phi) is 3.77. The lowest BCUT2D eigenvalue weighted by molar-refractivity contribution is 0.239. The quantitative estimate of drug-likeness (QED) is 0.608. The van der Waals surface area contributed by atoms with Crippen LogP contribution in [-0.2, 0) is 0 Å². The van der Waals surface area contributed by atoms with Gasteiger partial charge in [-0.05, 0) is 58.4 Å². The number of rotatable bonds is 2. The van der Waals surface area contributed by atoms with Crippen LogP contribution in [0.2, 0.25) is 0 Å². The van der Waals surface area contributed by atoms with Crippen molar-refractivity contribution in [2.24, 2.45) is 0 Å². The number of aromatic nitrogens is 1. The van der Waals surface area contributed by atoms with Crippen molar-refractivity contribution in [2.75, 3.05) is 0 Å². The molecule has 4 heteroatoms. The Bertz CT molecular complexity index is 278. The van der Waals surface area contributed by atoms with E-state index >= 15 is 0 Å². The van der Waals surface area contributed by atoms with Crippen LogP contribution >= 0.6 is 38.5 Å². The molecular formula is C8H9BrINO. The largest absolute Gasteiger partial charge is 0.488 e. The lowest BCUT2D eigenvalue weighted by atomic mass is 10.4. The molecule has 0 aliphatic carbocycles. The predicted octanol–water partition coefficient (Wildman–Crippen LogP) is 3.24. The molecule has 0 unspecified atom stereocenters. The molecule has 0 saturated heterocycles. The first-order chi connectivity index (χ1) is 5.59. The van der Waals surface area contributed by atoms with Gasteiger partial charge in [0.15, 0.2) is 5.75 Å².